The molecule has 2 rings (SSSR count). The molecule has 2 amide bonds. The third-order valence-electron chi connectivity index (χ3n) is 3.39. The first-order valence-electron chi connectivity index (χ1n) is 8.00. The van der Waals surface area contributed by atoms with Crippen molar-refractivity contribution in [1.82, 2.24) is 10.6 Å². The van der Waals surface area contributed by atoms with Gasteiger partial charge in [-0.15, -0.1) is 0 Å². The Kier molecular flexibility index (Phi) is 6.48. The highest BCUT2D eigenvalue weighted by molar-refractivity contribution is 5.91. The molecular weight excluding hydrogens is 343 g/mol. The molecule has 0 aliphatic carbocycles. The number of amides is 2. The number of carbonyl (C=O) groups excluding carboxylic acids is 3. The predicted octanol–water partition coefficient (Wildman–Crippen LogP) is 1.88. The van der Waals surface area contributed by atoms with Gasteiger partial charge >= 0.3 is 5.97 Å². The van der Waals surface area contributed by atoms with Crippen LogP contribution in [0.1, 0.15) is 24.4 Å². The van der Waals surface area contributed by atoms with Gasteiger partial charge < -0.3 is 19.8 Å². The van der Waals surface area contributed by atoms with E-state index in [1.807, 2.05) is 0 Å². The van der Waals surface area contributed by atoms with E-state index in [0.29, 0.717) is 17.9 Å². The molecule has 138 valence electrons. The van der Waals surface area contributed by atoms with Crippen molar-refractivity contribution >= 4 is 17.8 Å². The van der Waals surface area contributed by atoms with Gasteiger partial charge in [0, 0.05) is 12.1 Å². The Morgan fingerprint density at radius 2 is 1.85 bits per heavy atom. The average Bonchev–Trinajstić information content (AvgIpc) is 3.10. The van der Waals surface area contributed by atoms with Gasteiger partial charge in [-0.25, -0.2) is 9.18 Å². The van der Waals surface area contributed by atoms with Gasteiger partial charge in [0.15, 0.2) is 6.61 Å². The second kappa shape index (κ2) is 8.80. The van der Waals surface area contributed by atoms with E-state index < -0.39 is 24.5 Å². The number of rotatable bonds is 7. The highest BCUT2D eigenvalue weighted by atomic mass is 19.1. The molecule has 0 aliphatic rings. The van der Waals surface area contributed by atoms with Gasteiger partial charge in [0.25, 0.3) is 5.91 Å². The van der Waals surface area contributed by atoms with Crippen LogP contribution in [0.25, 0.3) is 11.3 Å². The summed E-state index contributed by atoms with van der Waals surface area (Å²) in [4.78, 5) is 35.2. The van der Waals surface area contributed by atoms with Crippen LogP contribution >= 0.6 is 0 Å². The molecule has 1 heterocycles. The van der Waals surface area contributed by atoms with Gasteiger partial charge in [-0.05, 0) is 50.2 Å². The van der Waals surface area contributed by atoms with Crippen LogP contribution in [-0.2, 0) is 14.3 Å². The van der Waals surface area contributed by atoms with Crippen molar-refractivity contribution < 1.29 is 27.9 Å². The number of esters is 1. The minimum absolute atomic E-state index is 0.0890. The number of likely N-dealkylation sites (N-methyl/N-ethyl adjacent to an activating group) is 1. The summed E-state index contributed by atoms with van der Waals surface area (Å²) in [5, 5.41) is 4.98. The Morgan fingerprint density at radius 3 is 2.50 bits per heavy atom. The molecule has 7 nitrogen and oxygen atoms in total. The molecule has 26 heavy (non-hydrogen) atoms. The monoisotopic (exact) mass is 362 g/mol. The molecule has 0 radical (unpaired) electrons. The molecule has 0 aliphatic heterocycles. The summed E-state index contributed by atoms with van der Waals surface area (Å²) in [5.41, 5.74) is 0.596. The molecule has 0 fully saturated rings. The van der Waals surface area contributed by atoms with Crippen LogP contribution in [-0.4, -0.2) is 37.0 Å². The van der Waals surface area contributed by atoms with Gasteiger partial charge in [-0.2, -0.15) is 0 Å². The molecule has 8 heteroatoms. The van der Waals surface area contributed by atoms with E-state index in [2.05, 4.69) is 10.6 Å². The Bertz CT molecular complexity index is 785. The van der Waals surface area contributed by atoms with Crippen LogP contribution in [0.5, 0.6) is 0 Å². The number of ether oxygens (including phenoxy) is 1. The Hall–Kier alpha value is -3.16. The molecule has 0 saturated heterocycles. The fourth-order valence-electron chi connectivity index (χ4n) is 2.10. The summed E-state index contributed by atoms with van der Waals surface area (Å²) in [5.74, 6) is -1.86. The lowest BCUT2D eigenvalue weighted by atomic mass is 10.2. The lowest BCUT2D eigenvalue weighted by Gasteiger charge is -2.13. The molecule has 1 atom stereocenters. The maximum atomic E-state index is 12.9. The van der Waals surface area contributed by atoms with E-state index in [9.17, 15) is 18.8 Å². The van der Waals surface area contributed by atoms with Crippen molar-refractivity contribution in [3.8, 4) is 11.3 Å². The van der Waals surface area contributed by atoms with Crippen LogP contribution < -0.4 is 10.6 Å². The first-order chi connectivity index (χ1) is 12.4. The van der Waals surface area contributed by atoms with Crippen molar-refractivity contribution in [2.75, 3.05) is 13.2 Å². The third kappa shape index (κ3) is 5.17. The van der Waals surface area contributed by atoms with Gasteiger partial charge in [-0.3, -0.25) is 9.59 Å². The molecule has 1 aromatic heterocycles. The van der Waals surface area contributed by atoms with Gasteiger partial charge in [0.2, 0.25) is 11.7 Å². The lowest BCUT2D eigenvalue weighted by Crippen LogP contribution is -2.46. The molecule has 2 N–H and O–H groups in total. The highest BCUT2D eigenvalue weighted by Crippen LogP contribution is 2.22. The van der Waals surface area contributed by atoms with Crippen molar-refractivity contribution in [3.63, 3.8) is 0 Å². The van der Waals surface area contributed by atoms with Gasteiger partial charge in [0.1, 0.15) is 17.6 Å². The summed E-state index contributed by atoms with van der Waals surface area (Å²) >= 11 is 0. The second-order valence-electron chi connectivity index (χ2n) is 5.43. The van der Waals surface area contributed by atoms with E-state index in [-0.39, 0.29) is 17.5 Å². The summed E-state index contributed by atoms with van der Waals surface area (Å²) < 4.78 is 23.2. The number of furan rings is 1. The zero-order valence-electron chi connectivity index (χ0n) is 14.4. The Morgan fingerprint density at radius 1 is 1.15 bits per heavy atom. The predicted molar refractivity (Wildman–Crippen MR) is 90.7 cm³/mol. The van der Waals surface area contributed by atoms with Crippen LogP contribution in [0, 0.1) is 5.82 Å². The quantitative estimate of drug-likeness (QED) is 0.733. The molecule has 0 unspecified atom stereocenters. The summed E-state index contributed by atoms with van der Waals surface area (Å²) in [6, 6.07) is 7.78. The highest BCUT2D eigenvalue weighted by Gasteiger charge is 2.18. The molecule has 2 aromatic rings. The maximum Gasteiger partial charge on any atom is 0.374 e. The van der Waals surface area contributed by atoms with Crippen molar-refractivity contribution in [2.45, 2.75) is 19.9 Å². The Labute approximate surface area is 149 Å². The third-order valence-corrected chi connectivity index (χ3v) is 3.39. The first kappa shape index (κ1) is 19.2. The molecule has 0 bridgehead atoms. The fraction of sp³-hybridized carbons (Fsp3) is 0.278. The average molecular weight is 362 g/mol. The molecular formula is C18H19FN2O5. The molecule has 1 aromatic carbocycles. The van der Waals surface area contributed by atoms with E-state index in [4.69, 9.17) is 9.15 Å². The van der Waals surface area contributed by atoms with Crippen molar-refractivity contribution in [2.24, 2.45) is 0 Å². The number of nitrogens with one attached hydrogen (secondary N) is 2. The first-order valence-corrected chi connectivity index (χ1v) is 8.00. The number of benzene rings is 1. The van der Waals surface area contributed by atoms with Gasteiger partial charge in [-0.1, -0.05) is 0 Å². The smallest absolute Gasteiger partial charge is 0.374 e. The standard InChI is InChI=1S/C18H19FN2O5/c1-3-20-17(23)11(2)21-16(22)10-25-18(24)15-9-8-14(26-15)12-4-6-13(19)7-5-12/h4-9,11H,3,10H2,1-2H3,(H,20,23)(H,21,22)/t11-/m1/s1. The van der Waals surface area contributed by atoms with Crippen LogP contribution in [0.3, 0.4) is 0 Å². The Balaban J connectivity index is 1.87. The number of halogens is 1. The minimum Gasteiger partial charge on any atom is -0.450 e. The zero-order chi connectivity index (χ0) is 19.1. The van der Waals surface area contributed by atoms with Crippen LogP contribution in [0.15, 0.2) is 40.8 Å². The van der Waals surface area contributed by atoms with Gasteiger partial charge in [0.05, 0.1) is 0 Å². The van der Waals surface area contributed by atoms with Crippen LogP contribution in [0.2, 0.25) is 0 Å². The second-order valence-corrected chi connectivity index (χ2v) is 5.43. The number of hydrogen-bond donors (Lipinski definition) is 2. The minimum atomic E-state index is -0.820. The van der Waals surface area contributed by atoms with E-state index in [1.165, 1.54) is 37.3 Å². The number of carbonyl (C=O) groups is 3. The lowest BCUT2D eigenvalue weighted by molar-refractivity contribution is -0.130. The fourth-order valence-corrected chi connectivity index (χ4v) is 2.10. The largest absolute Gasteiger partial charge is 0.450 e. The van der Waals surface area contributed by atoms with Crippen molar-refractivity contribution in [1.29, 1.82) is 0 Å². The van der Waals surface area contributed by atoms with Crippen molar-refractivity contribution in [3.05, 3.63) is 48.0 Å². The summed E-state index contributed by atoms with van der Waals surface area (Å²) in [6.07, 6.45) is 0. The van der Waals surface area contributed by atoms with E-state index >= 15 is 0 Å². The zero-order valence-corrected chi connectivity index (χ0v) is 14.4. The van der Waals surface area contributed by atoms with Crippen LogP contribution in [0.4, 0.5) is 4.39 Å². The number of hydrogen-bond acceptors (Lipinski definition) is 5. The molecule has 0 spiro atoms. The SMILES string of the molecule is CCNC(=O)[C@@H](C)NC(=O)COC(=O)c1ccc(-c2ccc(F)cc2)o1. The normalized spacial score (nSPS) is 11.5. The summed E-state index contributed by atoms with van der Waals surface area (Å²) in [6.45, 7) is 3.18. The topological polar surface area (TPSA) is 97.6 Å². The molecule has 0 saturated carbocycles. The summed E-state index contributed by atoms with van der Waals surface area (Å²) in [7, 11) is 0. The maximum absolute atomic E-state index is 12.9. The van der Waals surface area contributed by atoms with E-state index in [1.54, 1.807) is 13.0 Å². The van der Waals surface area contributed by atoms with E-state index in [0.717, 1.165) is 0 Å².